The second kappa shape index (κ2) is 12.2. The van der Waals surface area contributed by atoms with E-state index in [0.29, 0.717) is 25.2 Å². The zero-order chi connectivity index (χ0) is 23.6. The highest BCUT2D eigenvalue weighted by atomic mass is 16.2. The lowest BCUT2D eigenvalue weighted by Gasteiger charge is -2.30. The fourth-order valence-corrected chi connectivity index (χ4v) is 4.42. The summed E-state index contributed by atoms with van der Waals surface area (Å²) in [4.78, 5) is 24.8. The van der Waals surface area contributed by atoms with E-state index < -0.39 is 0 Å². The van der Waals surface area contributed by atoms with Crippen molar-refractivity contribution in [2.75, 3.05) is 50.9 Å². The molecule has 1 amide bonds. The molecule has 1 aliphatic rings. The quantitative estimate of drug-likeness (QED) is 0.311. The SMILES string of the molecule is CNc1cc(-c2cccc(NCCC(=O)NCC=O)c2CC2CCN(C)CC2)ccc1C=N. The number of carbonyl (C=O) groups excluding carboxylic acids is 2. The van der Waals surface area contributed by atoms with E-state index in [1.165, 1.54) is 30.2 Å². The minimum atomic E-state index is -0.136. The van der Waals surface area contributed by atoms with Crippen molar-refractivity contribution in [1.29, 1.82) is 5.41 Å². The minimum Gasteiger partial charge on any atom is -0.388 e. The van der Waals surface area contributed by atoms with Crippen molar-refractivity contribution in [3.05, 3.63) is 47.5 Å². The predicted molar refractivity (Wildman–Crippen MR) is 135 cm³/mol. The Labute approximate surface area is 196 Å². The van der Waals surface area contributed by atoms with E-state index in [1.807, 2.05) is 19.2 Å². The first-order valence-corrected chi connectivity index (χ1v) is 11.6. The van der Waals surface area contributed by atoms with E-state index >= 15 is 0 Å². The number of hydrogen-bond donors (Lipinski definition) is 4. The molecule has 0 aromatic heterocycles. The van der Waals surface area contributed by atoms with Crippen LogP contribution in [0, 0.1) is 11.3 Å². The zero-order valence-electron chi connectivity index (χ0n) is 19.6. The highest BCUT2D eigenvalue weighted by Gasteiger charge is 2.21. The molecule has 33 heavy (non-hydrogen) atoms. The molecule has 176 valence electrons. The average Bonchev–Trinajstić information content (AvgIpc) is 2.84. The number of likely N-dealkylation sites (tertiary alicyclic amines) is 1. The normalized spacial score (nSPS) is 14.5. The van der Waals surface area contributed by atoms with Gasteiger partial charge in [-0.05, 0) is 74.1 Å². The number of nitrogens with one attached hydrogen (secondary N) is 4. The van der Waals surface area contributed by atoms with Crippen LogP contribution in [0.5, 0.6) is 0 Å². The summed E-state index contributed by atoms with van der Waals surface area (Å²) in [5, 5.41) is 16.9. The van der Waals surface area contributed by atoms with Gasteiger partial charge in [0.1, 0.15) is 6.29 Å². The van der Waals surface area contributed by atoms with Crippen LogP contribution in [0.3, 0.4) is 0 Å². The van der Waals surface area contributed by atoms with Crippen molar-refractivity contribution >= 4 is 29.8 Å². The van der Waals surface area contributed by atoms with E-state index in [-0.39, 0.29) is 12.5 Å². The summed E-state index contributed by atoms with van der Waals surface area (Å²) in [6.45, 7) is 2.78. The van der Waals surface area contributed by atoms with Crippen LogP contribution in [-0.2, 0) is 16.0 Å². The third kappa shape index (κ3) is 6.65. The summed E-state index contributed by atoms with van der Waals surface area (Å²) in [6.07, 6.45) is 5.69. The van der Waals surface area contributed by atoms with E-state index in [4.69, 9.17) is 5.41 Å². The molecule has 1 fully saturated rings. The summed E-state index contributed by atoms with van der Waals surface area (Å²) >= 11 is 0. The van der Waals surface area contributed by atoms with E-state index in [2.05, 4.69) is 52.2 Å². The topological polar surface area (TPSA) is 97.3 Å². The van der Waals surface area contributed by atoms with Crippen molar-refractivity contribution in [2.45, 2.75) is 25.7 Å². The van der Waals surface area contributed by atoms with Crippen molar-refractivity contribution < 1.29 is 9.59 Å². The van der Waals surface area contributed by atoms with Gasteiger partial charge in [-0.15, -0.1) is 0 Å². The van der Waals surface area contributed by atoms with Crippen LogP contribution in [0.25, 0.3) is 11.1 Å². The molecule has 1 aliphatic heterocycles. The number of anilines is 2. The fraction of sp³-hybridized carbons (Fsp3) is 0.423. The van der Waals surface area contributed by atoms with E-state index in [0.717, 1.165) is 42.0 Å². The van der Waals surface area contributed by atoms with Crippen molar-refractivity contribution in [2.24, 2.45) is 5.92 Å². The van der Waals surface area contributed by atoms with Crippen molar-refractivity contribution in [1.82, 2.24) is 10.2 Å². The number of carbonyl (C=O) groups is 2. The van der Waals surface area contributed by atoms with Gasteiger partial charge >= 0.3 is 0 Å². The Bertz CT molecular complexity index is 967. The van der Waals surface area contributed by atoms with Gasteiger partial charge in [-0.1, -0.05) is 24.3 Å². The molecule has 0 spiro atoms. The Morgan fingerprint density at radius 3 is 2.67 bits per heavy atom. The summed E-state index contributed by atoms with van der Waals surface area (Å²) in [5.74, 6) is 0.479. The first-order valence-electron chi connectivity index (χ1n) is 11.6. The smallest absolute Gasteiger partial charge is 0.222 e. The van der Waals surface area contributed by atoms with Crippen LogP contribution in [0.15, 0.2) is 36.4 Å². The Kier molecular flexibility index (Phi) is 9.01. The Hall–Kier alpha value is -3.19. The molecule has 0 aliphatic carbocycles. The minimum absolute atomic E-state index is 0.0508. The van der Waals surface area contributed by atoms with Crippen LogP contribution in [0.2, 0.25) is 0 Å². The number of nitrogens with zero attached hydrogens (tertiary/aromatic N) is 1. The number of hydrogen-bond acceptors (Lipinski definition) is 6. The van der Waals surface area contributed by atoms with Gasteiger partial charge in [0, 0.05) is 43.2 Å². The molecular weight excluding hydrogens is 414 g/mol. The van der Waals surface area contributed by atoms with Gasteiger partial charge in [0.15, 0.2) is 0 Å². The molecule has 7 heteroatoms. The molecule has 1 saturated heterocycles. The van der Waals surface area contributed by atoms with Gasteiger partial charge in [0.2, 0.25) is 5.91 Å². The Morgan fingerprint density at radius 2 is 1.97 bits per heavy atom. The van der Waals surface area contributed by atoms with Gasteiger partial charge in [-0.2, -0.15) is 0 Å². The Morgan fingerprint density at radius 1 is 1.18 bits per heavy atom. The van der Waals surface area contributed by atoms with E-state index in [1.54, 1.807) is 0 Å². The van der Waals surface area contributed by atoms with Gasteiger partial charge in [-0.25, -0.2) is 0 Å². The summed E-state index contributed by atoms with van der Waals surface area (Å²) in [6, 6.07) is 12.4. The molecule has 3 rings (SSSR count). The number of benzene rings is 2. The third-order valence-electron chi connectivity index (χ3n) is 6.35. The molecule has 7 nitrogen and oxygen atoms in total. The third-order valence-corrected chi connectivity index (χ3v) is 6.35. The molecule has 0 saturated carbocycles. The second-order valence-electron chi connectivity index (χ2n) is 8.63. The summed E-state index contributed by atoms with van der Waals surface area (Å²) in [7, 11) is 4.05. The van der Waals surface area contributed by atoms with Crippen molar-refractivity contribution in [3.63, 3.8) is 0 Å². The van der Waals surface area contributed by atoms with Crippen LogP contribution in [-0.4, -0.2) is 63.6 Å². The first-order chi connectivity index (χ1) is 16.0. The largest absolute Gasteiger partial charge is 0.388 e. The number of rotatable bonds is 11. The predicted octanol–water partition coefficient (Wildman–Crippen LogP) is 3.39. The first kappa shape index (κ1) is 24.5. The lowest BCUT2D eigenvalue weighted by Crippen LogP contribution is -2.31. The highest BCUT2D eigenvalue weighted by Crippen LogP contribution is 2.35. The monoisotopic (exact) mass is 449 g/mol. The molecule has 2 aromatic carbocycles. The average molecular weight is 450 g/mol. The van der Waals surface area contributed by atoms with Crippen LogP contribution < -0.4 is 16.0 Å². The molecule has 0 atom stereocenters. The Balaban J connectivity index is 1.88. The van der Waals surface area contributed by atoms with Crippen LogP contribution in [0.4, 0.5) is 11.4 Å². The lowest BCUT2D eigenvalue weighted by atomic mass is 9.86. The van der Waals surface area contributed by atoms with Crippen molar-refractivity contribution in [3.8, 4) is 11.1 Å². The number of amides is 1. The van der Waals surface area contributed by atoms with Gasteiger partial charge in [0.05, 0.1) is 6.54 Å². The maximum absolute atomic E-state index is 11.9. The summed E-state index contributed by atoms with van der Waals surface area (Å²) < 4.78 is 0. The molecule has 0 bridgehead atoms. The zero-order valence-corrected chi connectivity index (χ0v) is 19.6. The maximum Gasteiger partial charge on any atom is 0.222 e. The standard InChI is InChI=1S/C26H35N5O2/c1-28-25-17-20(6-7-21(25)18-27)22-4-3-5-24(29-11-8-26(33)30-12-15-32)23(22)16-19-9-13-31(2)14-10-19/h3-7,15,17-19,27-29H,8-14,16H2,1-2H3,(H,30,33). The van der Waals surface area contributed by atoms with Crippen LogP contribution >= 0.6 is 0 Å². The molecule has 2 aromatic rings. The van der Waals surface area contributed by atoms with E-state index in [9.17, 15) is 9.59 Å². The second-order valence-corrected chi connectivity index (χ2v) is 8.63. The maximum atomic E-state index is 11.9. The van der Waals surface area contributed by atoms with Gasteiger partial charge < -0.3 is 31.1 Å². The molecule has 0 unspecified atom stereocenters. The van der Waals surface area contributed by atoms with Gasteiger partial charge in [-0.3, -0.25) is 4.79 Å². The lowest BCUT2D eigenvalue weighted by molar-refractivity contribution is -0.122. The number of aldehydes is 1. The molecule has 1 heterocycles. The van der Waals surface area contributed by atoms with Gasteiger partial charge in [0.25, 0.3) is 0 Å². The number of piperidine rings is 1. The molecule has 0 radical (unpaired) electrons. The summed E-state index contributed by atoms with van der Waals surface area (Å²) in [5.41, 5.74) is 6.39. The molecule has 4 N–H and O–H groups in total. The fourth-order valence-electron chi connectivity index (χ4n) is 4.42. The molecular formula is C26H35N5O2. The van der Waals surface area contributed by atoms with Crippen LogP contribution in [0.1, 0.15) is 30.4 Å². The highest BCUT2D eigenvalue weighted by molar-refractivity contribution is 5.89.